The number of carbonyl (C=O) groups excluding carboxylic acids is 1. The summed E-state index contributed by atoms with van der Waals surface area (Å²) in [5.41, 5.74) is 6.72. The number of nitrogens with zero attached hydrogens (tertiary/aromatic N) is 1. The smallest absolute Gasteiger partial charge is 0.260 e. The Morgan fingerprint density at radius 1 is 1.29 bits per heavy atom. The minimum Gasteiger partial charge on any atom is -0.389 e. The third kappa shape index (κ3) is 3.37. The van der Waals surface area contributed by atoms with Gasteiger partial charge < -0.3 is 10.6 Å². The van der Waals surface area contributed by atoms with Gasteiger partial charge in [0.2, 0.25) is 0 Å². The molecule has 0 atom stereocenters. The highest BCUT2D eigenvalue weighted by Crippen LogP contribution is 2.20. The summed E-state index contributed by atoms with van der Waals surface area (Å²) in [5.74, 6) is -1.14. The molecule has 2 aromatic carbocycles. The van der Waals surface area contributed by atoms with Gasteiger partial charge in [-0.3, -0.25) is 4.79 Å². The first-order valence-electron chi connectivity index (χ1n) is 6.03. The quantitative estimate of drug-likeness (QED) is 0.881. The van der Waals surface area contributed by atoms with E-state index in [9.17, 15) is 9.18 Å². The van der Waals surface area contributed by atoms with E-state index in [2.05, 4.69) is 0 Å². The molecular weight excluding hydrogens is 311 g/mol. The number of anilines is 1. The van der Waals surface area contributed by atoms with Crippen molar-refractivity contribution in [2.24, 2.45) is 5.73 Å². The van der Waals surface area contributed by atoms with Crippen LogP contribution in [-0.4, -0.2) is 17.9 Å². The number of thiocarbonyl (C=S) groups is 1. The highest BCUT2D eigenvalue weighted by Gasteiger charge is 2.18. The molecular formula is C15H12ClFN2OS. The maximum Gasteiger partial charge on any atom is 0.260 e. The molecule has 0 spiro atoms. The third-order valence-electron chi connectivity index (χ3n) is 2.98. The van der Waals surface area contributed by atoms with Crippen LogP contribution in [0.25, 0.3) is 0 Å². The molecule has 0 saturated heterocycles. The van der Waals surface area contributed by atoms with Crippen molar-refractivity contribution in [1.29, 1.82) is 0 Å². The first-order valence-corrected chi connectivity index (χ1v) is 6.81. The number of nitrogens with two attached hydrogens (primary N) is 1. The van der Waals surface area contributed by atoms with Crippen LogP contribution >= 0.6 is 23.8 Å². The predicted molar refractivity (Wildman–Crippen MR) is 86.5 cm³/mol. The Labute approximate surface area is 132 Å². The lowest BCUT2D eigenvalue weighted by molar-refractivity contribution is 0.0989. The van der Waals surface area contributed by atoms with E-state index in [0.717, 1.165) is 6.07 Å². The van der Waals surface area contributed by atoms with Crippen molar-refractivity contribution in [2.45, 2.75) is 0 Å². The summed E-state index contributed by atoms with van der Waals surface area (Å²) < 4.78 is 13.8. The molecule has 0 bridgehead atoms. The van der Waals surface area contributed by atoms with Gasteiger partial charge in [-0.1, -0.05) is 36.0 Å². The molecule has 2 rings (SSSR count). The van der Waals surface area contributed by atoms with E-state index in [-0.39, 0.29) is 15.6 Å². The Morgan fingerprint density at radius 2 is 2.00 bits per heavy atom. The molecule has 0 unspecified atom stereocenters. The van der Waals surface area contributed by atoms with Crippen LogP contribution < -0.4 is 10.6 Å². The molecule has 0 aliphatic rings. The van der Waals surface area contributed by atoms with Crippen LogP contribution in [0, 0.1) is 5.82 Å². The van der Waals surface area contributed by atoms with Gasteiger partial charge in [-0.15, -0.1) is 0 Å². The molecule has 2 aromatic rings. The van der Waals surface area contributed by atoms with E-state index < -0.39 is 11.7 Å². The molecule has 0 aromatic heterocycles. The zero-order valence-electron chi connectivity index (χ0n) is 11.1. The molecule has 6 heteroatoms. The Bertz CT molecular complexity index is 721. The molecule has 0 heterocycles. The lowest BCUT2D eigenvalue weighted by Crippen LogP contribution is -2.27. The molecule has 0 aliphatic heterocycles. The Hall–Kier alpha value is -1.98. The van der Waals surface area contributed by atoms with Gasteiger partial charge in [-0.05, 0) is 30.3 Å². The topological polar surface area (TPSA) is 46.3 Å². The monoisotopic (exact) mass is 322 g/mol. The Balaban J connectivity index is 2.35. The molecule has 0 saturated carbocycles. The minimum atomic E-state index is -0.662. The van der Waals surface area contributed by atoms with Gasteiger partial charge in [-0.2, -0.15) is 0 Å². The van der Waals surface area contributed by atoms with Crippen molar-refractivity contribution in [3.63, 3.8) is 0 Å². The van der Waals surface area contributed by atoms with Crippen LogP contribution in [0.1, 0.15) is 15.9 Å². The number of hydrogen-bond donors (Lipinski definition) is 1. The largest absolute Gasteiger partial charge is 0.389 e. The van der Waals surface area contributed by atoms with Crippen molar-refractivity contribution in [3.05, 3.63) is 64.4 Å². The summed E-state index contributed by atoms with van der Waals surface area (Å²) in [5, 5.41) is 0.238. The zero-order valence-corrected chi connectivity index (χ0v) is 12.7. The summed E-state index contributed by atoms with van der Waals surface area (Å²) in [7, 11) is 1.55. The maximum absolute atomic E-state index is 13.8. The number of rotatable bonds is 3. The highest BCUT2D eigenvalue weighted by molar-refractivity contribution is 7.80. The van der Waals surface area contributed by atoms with E-state index >= 15 is 0 Å². The predicted octanol–water partition coefficient (Wildman–Crippen LogP) is 3.39. The van der Waals surface area contributed by atoms with Gasteiger partial charge in [0.05, 0.1) is 5.56 Å². The average Bonchev–Trinajstić information content (AvgIpc) is 2.46. The third-order valence-corrected chi connectivity index (χ3v) is 3.45. The van der Waals surface area contributed by atoms with Gasteiger partial charge >= 0.3 is 0 Å². The molecule has 2 N–H and O–H groups in total. The summed E-state index contributed by atoms with van der Waals surface area (Å²) in [4.78, 5) is 13.9. The first-order chi connectivity index (χ1) is 9.90. The summed E-state index contributed by atoms with van der Waals surface area (Å²) in [6, 6.07) is 10.8. The molecule has 0 radical (unpaired) electrons. The van der Waals surface area contributed by atoms with Crippen LogP contribution in [0.15, 0.2) is 42.5 Å². The zero-order chi connectivity index (χ0) is 15.6. The molecule has 108 valence electrons. The van der Waals surface area contributed by atoms with Crippen molar-refractivity contribution in [3.8, 4) is 0 Å². The number of carbonyl (C=O) groups is 1. The van der Waals surface area contributed by atoms with E-state index in [1.165, 1.54) is 17.0 Å². The molecule has 1 amide bonds. The van der Waals surface area contributed by atoms with Gasteiger partial charge in [0.15, 0.2) is 0 Å². The van der Waals surface area contributed by atoms with Crippen molar-refractivity contribution < 1.29 is 9.18 Å². The van der Waals surface area contributed by atoms with Crippen LogP contribution in [0.2, 0.25) is 5.02 Å². The van der Waals surface area contributed by atoms with Gasteiger partial charge in [-0.25, -0.2) is 4.39 Å². The van der Waals surface area contributed by atoms with Crippen molar-refractivity contribution >= 4 is 40.4 Å². The van der Waals surface area contributed by atoms with E-state index in [1.807, 2.05) is 0 Å². The fourth-order valence-electron chi connectivity index (χ4n) is 1.83. The summed E-state index contributed by atoms with van der Waals surface area (Å²) in [6.45, 7) is 0. The maximum atomic E-state index is 13.8. The van der Waals surface area contributed by atoms with Crippen LogP contribution in [0.3, 0.4) is 0 Å². The summed E-state index contributed by atoms with van der Waals surface area (Å²) >= 11 is 10.6. The highest BCUT2D eigenvalue weighted by atomic mass is 35.5. The fraction of sp³-hybridized carbons (Fsp3) is 0.0667. The minimum absolute atomic E-state index is 0.0531. The normalized spacial score (nSPS) is 10.2. The number of benzene rings is 2. The van der Waals surface area contributed by atoms with Crippen molar-refractivity contribution in [2.75, 3.05) is 11.9 Å². The lowest BCUT2D eigenvalue weighted by atomic mass is 10.1. The molecule has 0 aliphatic carbocycles. The van der Waals surface area contributed by atoms with Crippen molar-refractivity contribution in [1.82, 2.24) is 0 Å². The first kappa shape index (κ1) is 15.4. The van der Waals surface area contributed by atoms with E-state index in [4.69, 9.17) is 29.6 Å². The SMILES string of the molecule is CN(C(=O)c1ccc(Cl)cc1F)c1cccc(C(N)=S)c1. The van der Waals surface area contributed by atoms with Gasteiger partial charge in [0.1, 0.15) is 10.8 Å². The molecule has 0 fully saturated rings. The molecule has 21 heavy (non-hydrogen) atoms. The van der Waals surface area contributed by atoms with Crippen LogP contribution in [0.4, 0.5) is 10.1 Å². The Morgan fingerprint density at radius 3 is 2.62 bits per heavy atom. The van der Waals surface area contributed by atoms with Gasteiger partial charge in [0, 0.05) is 23.3 Å². The second kappa shape index (κ2) is 6.20. The average molecular weight is 323 g/mol. The number of amides is 1. The Kier molecular flexibility index (Phi) is 4.55. The van der Waals surface area contributed by atoms with E-state index in [0.29, 0.717) is 11.3 Å². The second-order valence-electron chi connectivity index (χ2n) is 4.40. The second-order valence-corrected chi connectivity index (χ2v) is 5.28. The van der Waals surface area contributed by atoms with E-state index in [1.54, 1.807) is 31.3 Å². The standard InChI is InChI=1S/C15H12ClFN2OS/c1-19(11-4-2-3-9(7-11)14(18)21)15(20)12-6-5-10(16)8-13(12)17/h2-8H,1H3,(H2,18,21). The van der Waals surface area contributed by atoms with Crippen LogP contribution in [-0.2, 0) is 0 Å². The number of hydrogen-bond acceptors (Lipinski definition) is 2. The number of halogens is 2. The fourth-order valence-corrected chi connectivity index (χ4v) is 2.11. The summed E-state index contributed by atoms with van der Waals surface area (Å²) in [6.07, 6.45) is 0. The lowest BCUT2D eigenvalue weighted by Gasteiger charge is -2.18. The molecule has 3 nitrogen and oxygen atoms in total. The van der Waals surface area contributed by atoms with Gasteiger partial charge in [0.25, 0.3) is 5.91 Å². The van der Waals surface area contributed by atoms with Crippen LogP contribution in [0.5, 0.6) is 0 Å².